The van der Waals surface area contributed by atoms with Crippen LogP contribution in [0.4, 0.5) is 11.6 Å². The number of hydrogen-bond acceptors (Lipinski definition) is 5. The van der Waals surface area contributed by atoms with Crippen LogP contribution in [0, 0.1) is 6.92 Å². The lowest BCUT2D eigenvalue weighted by atomic mass is 10.3. The summed E-state index contributed by atoms with van der Waals surface area (Å²) in [5, 5.41) is 3.15. The fourth-order valence-corrected chi connectivity index (χ4v) is 1.11. The van der Waals surface area contributed by atoms with Crippen molar-refractivity contribution in [1.29, 1.82) is 0 Å². The molecule has 84 valence electrons. The third-order valence-electron chi connectivity index (χ3n) is 1.97. The summed E-state index contributed by atoms with van der Waals surface area (Å²) in [7, 11) is 0. The first kappa shape index (κ1) is 11.7. The molecule has 1 heterocycles. The van der Waals surface area contributed by atoms with E-state index in [9.17, 15) is 0 Å². The maximum absolute atomic E-state index is 5.65. The molecule has 0 saturated heterocycles. The molecular weight excluding hydrogens is 192 g/mol. The summed E-state index contributed by atoms with van der Waals surface area (Å²) in [6, 6.07) is 0. The molecule has 0 spiro atoms. The molecule has 0 aliphatic rings. The monoisotopic (exact) mass is 210 g/mol. The van der Waals surface area contributed by atoms with E-state index < -0.39 is 0 Å². The van der Waals surface area contributed by atoms with Crippen LogP contribution in [0.2, 0.25) is 0 Å². The Morgan fingerprint density at radius 3 is 2.87 bits per heavy atom. The Hall–Kier alpha value is -1.36. The number of rotatable bonds is 5. The lowest BCUT2D eigenvalue weighted by Gasteiger charge is -2.10. The Balaban J connectivity index is 2.41. The van der Waals surface area contributed by atoms with E-state index in [0.29, 0.717) is 12.4 Å². The molecule has 0 fully saturated rings. The molecule has 3 N–H and O–H groups in total. The number of anilines is 2. The summed E-state index contributed by atoms with van der Waals surface area (Å²) in [6.45, 7) is 7.28. The van der Waals surface area contributed by atoms with Crippen molar-refractivity contribution in [2.24, 2.45) is 0 Å². The molecule has 1 aromatic heterocycles. The van der Waals surface area contributed by atoms with Crippen molar-refractivity contribution in [3.05, 3.63) is 11.9 Å². The third-order valence-corrected chi connectivity index (χ3v) is 1.97. The van der Waals surface area contributed by atoms with Gasteiger partial charge in [0.25, 0.3) is 0 Å². The minimum atomic E-state index is 0.253. The molecule has 0 atom stereocenters. The number of ether oxygens (including phenoxy) is 1. The van der Waals surface area contributed by atoms with Gasteiger partial charge >= 0.3 is 0 Å². The predicted molar refractivity (Wildman–Crippen MR) is 60.8 cm³/mol. The van der Waals surface area contributed by atoms with E-state index in [-0.39, 0.29) is 6.10 Å². The van der Waals surface area contributed by atoms with Crippen molar-refractivity contribution in [2.75, 3.05) is 24.2 Å². The highest BCUT2D eigenvalue weighted by atomic mass is 16.5. The molecule has 0 aromatic carbocycles. The second-order valence-corrected chi connectivity index (χ2v) is 3.58. The number of nitrogen functional groups attached to an aromatic ring is 1. The zero-order valence-electron chi connectivity index (χ0n) is 9.45. The van der Waals surface area contributed by atoms with E-state index in [0.717, 1.165) is 17.9 Å². The van der Waals surface area contributed by atoms with Crippen LogP contribution >= 0.6 is 0 Å². The number of nitrogens with one attached hydrogen (secondary N) is 1. The van der Waals surface area contributed by atoms with Gasteiger partial charge in [0.1, 0.15) is 18.0 Å². The molecule has 5 heteroatoms. The van der Waals surface area contributed by atoms with Gasteiger partial charge in [0, 0.05) is 12.1 Å². The molecule has 0 unspecified atom stereocenters. The standard InChI is InChI=1S/C10H18N4O/c1-7(2)15-5-4-12-10-8(3)9(11)13-6-14-10/h6-7H,4-5H2,1-3H3,(H3,11,12,13,14). The fraction of sp³-hybridized carbons (Fsp3) is 0.600. The quantitative estimate of drug-likeness (QED) is 0.714. The number of hydrogen-bond donors (Lipinski definition) is 2. The first-order chi connectivity index (χ1) is 7.11. The van der Waals surface area contributed by atoms with Gasteiger partial charge in [-0.05, 0) is 20.8 Å². The van der Waals surface area contributed by atoms with E-state index in [2.05, 4.69) is 15.3 Å². The smallest absolute Gasteiger partial charge is 0.134 e. The normalized spacial score (nSPS) is 10.7. The van der Waals surface area contributed by atoms with E-state index in [1.54, 1.807) is 0 Å². The SMILES string of the molecule is Cc1c(N)ncnc1NCCOC(C)C. The number of nitrogens with two attached hydrogens (primary N) is 1. The summed E-state index contributed by atoms with van der Waals surface area (Å²) in [5.74, 6) is 1.28. The first-order valence-electron chi connectivity index (χ1n) is 5.03. The lowest BCUT2D eigenvalue weighted by Crippen LogP contribution is -2.15. The molecule has 0 aliphatic heterocycles. The summed E-state index contributed by atoms with van der Waals surface area (Å²) in [5.41, 5.74) is 6.53. The van der Waals surface area contributed by atoms with Crippen molar-refractivity contribution >= 4 is 11.6 Å². The van der Waals surface area contributed by atoms with Crippen molar-refractivity contribution in [1.82, 2.24) is 9.97 Å². The van der Waals surface area contributed by atoms with Gasteiger partial charge in [0.05, 0.1) is 12.7 Å². The molecule has 1 rings (SSSR count). The maximum atomic E-state index is 5.65. The largest absolute Gasteiger partial charge is 0.383 e. The minimum Gasteiger partial charge on any atom is -0.383 e. The Labute approximate surface area is 90.1 Å². The van der Waals surface area contributed by atoms with E-state index in [1.165, 1.54) is 6.33 Å². The van der Waals surface area contributed by atoms with Gasteiger partial charge in [-0.25, -0.2) is 9.97 Å². The molecule has 1 aromatic rings. The van der Waals surface area contributed by atoms with Gasteiger partial charge in [-0.1, -0.05) is 0 Å². The molecule has 0 radical (unpaired) electrons. The zero-order chi connectivity index (χ0) is 11.3. The van der Waals surface area contributed by atoms with Crippen LogP contribution in [-0.4, -0.2) is 29.2 Å². The van der Waals surface area contributed by atoms with E-state index in [1.807, 2.05) is 20.8 Å². The van der Waals surface area contributed by atoms with Crippen molar-refractivity contribution in [2.45, 2.75) is 26.9 Å². The third kappa shape index (κ3) is 3.71. The van der Waals surface area contributed by atoms with Crippen LogP contribution in [0.5, 0.6) is 0 Å². The predicted octanol–water partition coefficient (Wildman–Crippen LogP) is 1.20. The van der Waals surface area contributed by atoms with E-state index in [4.69, 9.17) is 10.5 Å². The van der Waals surface area contributed by atoms with Gasteiger partial charge in [-0.15, -0.1) is 0 Å². The summed E-state index contributed by atoms with van der Waals surface area (Å²) in [6.07, 6.45) is 1.71. The van der Waals surface area contributed by atoms with Crippen LogP contribution in [0.1, 0.15) is 19.4 Å². The Morgan fingerprint density at radius 1 is 1.47 bits per heavy atom. The van der Waals surface area contributed by atoms with Crippen molar-refractivity contribution in [3.8, 4) is 0 Å². The van der Waals surface area contributed by atoms with Crippen LogP contribution in [0.3, 0.4) is 0 Å². The average Bonchev–Trinajstić information content (AvgIpc) is 2.18. The van der Waals surface area contributed by atoms with Crippen molar-refractivity contribution in [3.63, 3.8) is 0 Å². The molecule has 5 nitrogen and oxygen atoms in total. The molecular formula is C10H18N4O. The van der Waals surface area contributed by atoms with Crippen molar-refractivity contribution < 1.29 is 4.74 Å². The van der Waals surface area contributed by atoms with Gasteiger partial charge < -0.3 is 15.8 Å². The molecule has 0 saturated carbocycles. The maximum Gasteiger partial charge on any atom is 0.134 e. The van der Waals surface area contributed by atoms with Gasteiger partial charge in [-0.3, -0.25) is 0 Å². The number of aromatic nitrogens is 2. The van der Waals surface area contributed by atoms with Crippen LogP contribution in [-0.2, 0) is 4.74 Å². The fourth-order valence-electron chi connectivity index (χ4n) is 1.11. The summed E-state index contributed by atoms with van der Waals surface area (Å²) < 4.78 is 5.40. The summed E-state index contributed by atoms with van der Waals surface area (Å²) in [4.78, 5) is 7.99. The zero-order valence-corrected chi connectivity index (χ0v) is 9.45. The second kappa shape index (κ2) is 5.50. The highest BCUT2D eigenvalue weighted by Gasteiger charge is 2.02. The molecule has 0 amide bonds. The van der Waals surface area contributed by atoms with Crippen LogP contribution < -0.4 is 11.1 Å². The second-order valence-electron chi connectivity index (χ2n) is 3.58. The molecule has 15 heavy (non-hydrogen) atoms. The minimum absolute atomic E-state index is 0.253. The Morgan fingerprint density at radius 2 is 2.20 bits per heavy atom. The van der Waals surface area contributed by atoms with Gasteiger partial charge in [0.2, 0.25) is 0 Å². The van der Waals surface area contributed by atoms with Gasteiger partial charge in [0.15, 0.2) is 0 Å². The Bertz CT molecular complexity index is 314. The number of nitrogens with zero attached hydrogens (tertiary/aromatic N) is 2. The molecule has 0 bridgehead atoms. The van der Waals surface area contributed by atoms with Gasteiger partial charge in [-0.2, -0.15) is 0 Å². The Kier molecular flexibility index (Phi) is 4.30. The average molecular weight is 210 g/mol. The molecule has 0 aliphatic carbocycles. The van der Waals surface area contributed by atoms with E-state index >= 15 is 0 Å². The highest BCUT2D eigenvalue weighted by molar-refractivity contribution is 5.53. The van der Waals surface area contributed by atoms with Crippen LogP contribution in [0.25, 0.3) is 0 Å². The topological polar surface area (TPSA) is 73.1 Å². The highest BCUT2D eigenvalue weighted by Crippen LogP contribution is 2.14. The van der Waals surface area contributed by atoms with Crippen LogP contribution in [0.15, 0.2) is 6.33 Å². The first-order valence-corrected chi connectivity index (χ1v) is 5.03. The lowest BCUT2D eigenvalue weighted by molar-refractivity contribution is 0.0870. The summed E-state index contributed by atoms with van der Waals surface area (Å²) >= 11 is 0.